The lowest BCUT2D eigenvalue weighted by Crippen LogP contribution is -2.67. The van der Waals surface area contributed by atoms with Gasteiger partial charge in [-0.25, -0.2) is 0 Å². The van der Waals surface area contributed by atoms with Gasteiger partial charge in [0.2, 0.25) is 0 Å². The summed E-state index contributed by atoms with van der Waals surface area (Å²) in [5, 5.41) is 5.31. The van der Waals surface area contributed by atoms with Gasteiger partial charge in [-0.05, 0) is 12.3 Å². The van der Waals surface area contributed by atoms with E-state index in [1.54, 1.807) is 0 Å². The normalized spacial score (nSPS) is 29.5. The summed E-state index contributed by atoms with van der Waals surface area (Å²) in [6.07, 6.45) is 0. The van der Waals surface area contributed by atoms with E-state index in [9.17, 15) is 9.59 Å². The summed E-state index contributed by atoms with van der Waals surface area (Å²) in [4.78, 5) is 22.0. The minimum Gasteiger partial charge on any atom is -0.345 e. The molecule has 4 heteroatoms. The van der Waals surface area contributed by atoms with E-state index in [4.69, 9.17) is 0 Å². The largest absolute Gasteiger partial charge is 0.345 e. The summed E-state index contributed by atoms with van der Waals surface area (Å²) in [7, 11) is 0. The molecule has 4 nitrogen and oxygen atoms in total. The standard InChI is InChI=1S/C9H16N2O2/c1-8(2,3)9(4)5-10-6(12)7(13)11-9/h5H2,1-4H3,(H,10,12)(H,11,13). The van der Waals surface area contributed by atoms with Gasteiger partial charge in [0.1, 0.15) is 0 Å². The third-order valence-corrected chi connectivity index (χ3v) is 2.85. The highest BCUT2D eigenvalue weighted by Gasteiger charge is 2.43. The highest BCUT2D eigenvalue weighted by atomic mass is 16.2. The first kappa shape index (κ1) is 10.0. The average Bonchev–Trinajstić information content (AvgIpc) is 1.95. The summed E-state index contributed by atoms with van der Waals surface area (Å²) in [6, 6.07) is 0. The maximum absolute atomic E-state index is 11.1. The van der Waals surface area contributed by atoms with Crippen molar-refractivity contribution >= 4 is 11.8 Å². The van der Waals surface area contributed by atoms with Gasteiger partial charge in [0, 0.05) is 6.54 Å². The number of amides is 2. The topological polar surface area (TPSA) is 58.2 Å². The Labute approximate surface area is 78.1 Å². The third-order valence-electron chi connectivity index (χ3n) is 2.85. The van der Waals surface area contributed by atoms with Gasteiger partial charge in [0.25, 0.3) is 0 Å². The highest BCUT2D eigenvalue weighted by molar-refractivity contribution is 6.35. The Morgan fingerprint density at radius 1 is 1.23 bits per heavy atom. The van der Waals surface area contributed by atoms with Crippen molar-refractivity contribution in [3.8, 4) is 0 Å². The zero-order valence-corrected chi connectivity index (χ0v) is 8.52. The van der Waals surface area contributed by atoms with Gasteiger partial charge < -0.3 is 10.6 Å². The van der Waals surface area contributed by atoms with Crippen LogP contribution in [0.15, 0.2) is 0 Å². The Morgan fingerprint density at radius 3 is 2.15 bits per heavy atom. The van der Waals surface area contributed by atoms with Crippen LogP contribution in [0, 0.1) is 5.41 Å². The summed E-state index contributed by atoms with van der Waals surface area (Å²) in [5.74, 6) is -1.08. The molecule has 2 N–H and O–H groups in total. The van der Waals surface area contributed by atoms with Crippen molar-refractivity contribution in [2.24, 2.45) is 5.41 Å². The first-order chi connectivity index (χ1) is 5.76. The molecule has 0 aromatic heterocycles. The summed E-state index contributed by atoms with van der Waals surface area (Å²) >= 11 is 0. The van der Waals surface area contributed by atoms with Crippen LogP contribution < -0.4 is 10.6 Å². The SMILES string of the molecule is CC(C)(C)C1(C)CNC(=O)C(=O)N1. The van der Waals surface area contributed by atoms with Gasteiger partial charge in [0.15, 0.2) is 0 Å². The van der Waals surface area contributed by atoms with Crippen molar-refractivity contribution < 1.29 is 9.59 Å². The molecular formula is C9H16N2O2. The van der Waals surface area contributed by atoms with Gasteiger partial charge in [-0.2, -0.15) is 0 Å². The lowest BCUT2D eigenvalue weighted by molar-refractivity contribution is -0.144. The predicted molar refractivity (Wildman–Crippen MR) is 49.0 cm³/mol. The Hall–Kier alpha value is -1.06. The molecule has 13 heavy (non-hydrogen) atoms. The maximum Gasteiger partial charge on any atom is 0.309 e. The Kier molecular flexibility index (Phi) is 2.10. The molecule has 0 saturated carbocycles. The molecule has 1 unspecified atom stereocenters. The Morgan fingerprint density at radius 2 is 1.77 bits per heavy atom. The molecule has 0 radical (unpaired) electrons. The average molecular weight is 184 g/mol. The van der Waals surface area contributed by atoms with Crippen LogP contribution in [0.5, 0.6) is 0 Å². The van der Waals surface area contributed by atoms with E-state index in [0.29, 0.717) is 6.54 Å². The van der Waals surface area contributed by atoms with Crippen LogP contribution in [0.3, 0.4) is 0 Å². The van der Waals surface area contributed by atoms with Crippen molar-refractivity contribution in [2.45, 2.75) is 33.2 Å². The number of hydrogen-bond donors (Lipinski definition) is 2. The molecule has 1 rings (SSSR count). The van der Waals surface area contributed by atoms with Crippen LogP contribution in [-0.4, -0.2) is 23.9 Å². The van der Waals surface area contributed by atoms with Crippen molar-refractivity contribution in [2.75, 3.05) is 6.54 Å². The molecule has 0 spiro atoms. The van der Waals surface area contributed by atoms with Gasteiger partial charge >= 0.3 is 11.8 Å². The first-order valence-electron chi connectivity index (χ1n) is 4.37. The van der Waals surface area contributed by atoms with Gasteiger partial charge in [-0.15, -0.1) is 0 Å². The Balaban J connectivity index is 2.85. The molecule has 0 bridgehead atoms. The van der Waals surface area contributed by atoms with E-state index in [0.717, 1.165) is 0 Å². The van der Waals surface area contributed by atoms with Crippen molar-refractivity contribution in [3.05, 3.63) is 0 Å². The number of rotatable bonds is 0. The fourth-order valence-corrected chi connectivity index (χ4v) is 1.14. The molecule has 1 aliphatic rings. The van der Waals surface area contributed by atoms with E-state index in [1.165, 1.54) is 0 Å². The lowest BCUT2D eigenvalue weighted by Gasteiger charge is -2.44. The number of carbonyl (C=O) groups is 2. The quantitative estimate of drug-likeness (QED) is 0.522. The smallest absolute Gasteiger partial charge is 0.309 e. The molecule has 1 saturated heterocycles. The minimum atomic E-state index is -0.540. The second kappa shape index (κ2) is 2.72. The zero-order valence-electron chi connectivity index (χ0n) is 8.52. The third kappa shape index (κ3) is 1.66. The summed E-state index contributed by atoms with van der Waals surface area (Å²) in [5.41, 5.74) is -0.436. The van der Waals surface area contributed by atoms with Crippen molar-refractivity contribution in [1.82, 2.24) is 10.6 Å². The maximum atomic E-state index is 11.1. The molecule has 0 aromatic rings. The first-order valence-corrected chi connectivity index (χ1v) is 4.37. The summed E-state index contributed by atoms with van der Waals surface area (Å²) in [6.45, 7) is 8.52. The van der Waals surface area contributed by atoms with E-state index in [2.05, 4.69) is 10.6 Å². The van der Waals surface area contributed by atoms with Crippen LogP contribution in [0.2, 0.25) is 0 Å². The Bertz CT molecular complexity index is 255. The summed E-state index contributed by atoms with van der Waals surface area (Å²) < 4.78 is 0. The van der Waals surface area contributed by atoms with Crippen LogP contribution >= 0.6 is 0 Å². The number of hydrogen-bond acceptors (Lipinski definition) is 2. The van der Waals surface area contributed by atoms with Gasteiger partial charge in [-0.3, -0.25) is 9.59 Å². The number of carbonyl (C=O) groups excluding carboxylic acids is 2. The van der Waals surface area contributed by atoms with Gasteiger partial charge in [-0.1, -0.05) is 20.8 Å². The fourth-order valence-electron chi connectivity index (χ4n) is 1.14. The molecule has 0 aromatic carbocycles. The predicted octanol–water partition coefficient (Wildman–Crippen LogP) is 0.0372. The van der Waals surface area contributed by atoms with Crippen LogP contribution in [0.4, 0.5) is 0 Å². The molecular weight excluding hydrogens is 168 g/mol. The minimum absolute atomic E-state index is 0.0731. The zero-order chi connectivity index (χ0) is 10.3. The van der Waals surface area contributed by atoms with Crippen molar-refractivity contribution in [1.29, 1.82) is 0 Å². The molecule has 0 aliphatic carbocycles. The molecule has 2 amide bonds. The van der Waals surface area contributed by atoms with E-state index in [1.807, 2.05) is 27.7 Å². The lowest BCUT2D eigenvalue weighted by atomic mass is 9.74. The van der Waals surface area contributed by atoms with E-state index in [-0.39, 0.29) is 11.0 Å². The van der Waals surface area contributed by atoms with Crippen LogP contribution in [-0.2, 0) is 9.59 Å². The number of piperazine rings is 1. The molecule has 1 heterocycles. The fraction of sp³-hybridized carbons (Fsp3) is 0.778. The van der Waals surface area contributed by atoms with Gasteiger partial charge in [0.05, 0.1) is 5.54 Å². The second-order valence-electron chi connectivity index (χ2n) is 4.72. The molecule has 1 atom stereocenters. The number of nitrogens with one attached hydrogen (secondary N) is 2. The van der Waals surface area contributed by atoms with Crippen molar-refractivity contribution in [3.63, 3.8) is 0 Å². The molecule has 1 fully saturated rings. The highest BCUT2D eigenvalue weighted by Crippen LogP contribution is 2.30. The second-order valence-corrected chi connectivity index (χ2v) is 4.72. The van der Waals surface area contributed by atoms with E-state index >= 15 is 0 Å². The molecule has 1 aliphatic heterocycles. The van der Waals surface area contributed by atoms with E-state index < -0.39 is 11.8 Å². The van der Waals surface area contributed by atoms with Crippen LogP contribution in [0.25, 0.3) is 0 Å². The van der Waals surface area contributed by atoms with Crippen LogP contribution in [0.1, 0.15) is 27.7 Å². The monoisotopic (exact) mass is 184 g/mol. The molecule has 74 valence electrons.